The Kier molecular flexibility index (Phi) is 4.55. The average Bonchev–Trinajstić information content (AvgIpc) is 2.19. The minimum absolute atomic E-state index is 0.228. The van der Waals surface area contributed by atoms with E-state index < -0.39 is 7.91 Å². The Morgan fingerprint density at radius 3 is 2.36 bits per heavy atom. The van der Waals surface area contributed by atoms with Gasteiger partial charge in [-0.05, 0) is 31.6 Å². The number of halogens is 1. The quantitative estimate of drug-likeness (QED) is 0.683. The minimum Gasteiger partial charge on any atom is -0.287 e. The minimum atomic E-state index is -4.27. The lowest BCUT2D eigenvalue weighted by atomic mass is 9.86. The first kappa shape index (κ1) is 12.2. The van der Waals surface area contributed by atoms with Gasteiger partial charge < -0.3 is 0 Å². The molecule has 1 saturated carbocycles. The predicted molar refractivity (Wildman–Crippen MR) is 52.8 cm³/mol. The Labute approximate surface area is 84.6 Å². The maximum Gasteiger partial charge on any atom is 0.513 e. The highest BCUT2D eigenvalue weighted by Crippen LogP contribution is 2.51. The number of hydrogen-bond acceptors (Lipinski definition) is 3. The molecule has 14 heavy (non-hydrogen) atoms. The first-order chi connectivity index (χ1) is 6.57. The Bertz CT molecular complexity index is 214. The first-order valence-electron chi connectivity index (χ1n) is 5.11. The standard InChI is InChI=1S/C9H18FO3P/c1-3-8-4-6-9(7-5-8)13-14(10,11)12-2/h8-9H,3-7H2,1-2H3. The van der Waals surface area contributed by atoms with Crippen LogP contribution in [0.2, 0.25) is 0 Å². The highest BCUT2D eigenvalue weighted by atomic mass is 31.2. The molecule has 0 aromatic rings. The number of hydrogen-bond donors (Lipinski definition) is 0. The Balaban J connectivity index is 2.32. The third-order valence-corrected chi connectivity index (χ3v) is 3.85. The number of rotatable bonds is 4. The molecule has 0 spiro atoms. The second-order valence-corrected chi connectivity index (χ2v) is 5.21. The summed E-state index contributed by atoms with van der Waals surface area (Å²) < 4.78 is 32.7. The summed E-state index contributed by atoms with van der Waals surface area (Å²) in [5, 5.41) is 0. The summed E-state index contributed by atoms with van der Waals surface area (Å²) in [5.41, 5.74) is 0. The van der Waals surface area contributed by atoms with E-state index in [2.05, 4.69) is 11.4 Å². The van der Waals surface area contributed by atoms with Crippen LogP contribution in [0.3, 0.4) is 0 Å². The van der Waals surface area contributed by atoms with Crippen molar-refractivity contribution in [2.75, 3.05) is 7.11 Å². The molecule has 0 radical (unpaired) electrons. The average molecular weight is 224 g/mol. The summed E-state index contributed by atoms with van der Waals surface area (Å²) in [6.07, 6.45) is 4.57. The zero-order valence-electron chi connectivity index (χ0n) is 8.74. The van der Waals surface area contributed by atoms with Gasteiger partial charge in [-0.2, -0.15) is 0 Å². The van der Waals surface area contributed by atoms with E-state index in [0.29, 0.717) is 0 Å². The van der Waals surface area contributed by atoms with Gasteiger partial charge in [0.05, 0.1) is 6.10 Å². The van der Waals surface area contributed by atoms with Gasteiger partial charge in [-0.1, -0.05) is 13.3 Å². The van der Waals surface area contributed by atoms with Crippen molar-refractivity contribution in [3.8, 4) is 0 Å². The van der Waals surface area contributed by atoms with Crippen LogP contribution in [0.15, 0.2) is 0 Å². The van der Waals surface area contributed by atoms with E-state index in [9.17, 15) is 8.76 Å². The van der Waals surface area contributed by atoms with E-state index in [-0.39, 0.29) is 6.10 Å². The van der Waals surface area contributed by atoms with E-state index in [1.54, 1.807) is 0 Å². The molecule has 0 amide bonds. The fourth-order valence-corrected chi connectivity index (χ4v) is 2.52. The molecule has 1 aliphatic rings. The summed E-state index contributed by atoms with van der Waals surface area (Å²) in [6, 6.07) is 0. The van der Waals surface area contributed by atoms with Crippen LogP contribution in [0.5, 0.6) is 0 Å². The van der Waals surface area contributed by atoms with E-state index in [1.807, 2.05) is 0 Å². The molecule has 1 atom stereocenters. The van der Waals surface area contributed by atoms with Crippen molar-refractivity contribution in [1.29, 1.82) is 0 Å². The molecule has 0 aliphatic heterocycles. The van der Waals surface area contributed by atoms with Gasteiger partial charge in [-0.3, -0.25) is 9.05 Å². The molecule has 0 heterocycles. The lowest BCUT2D eigenvalue weighted by Gasteiger charge is -2.27. The van der Waals surface area contributed by atoms with Gasteiger partial charge in [0.15, 0.2) is 0 Å². The van der Waals surface area contributed by atoms with Gasteiger partial charge in [-0.25, -0.2) is 4.57 Å². The molecule has 3 nitrogen and oxygen atoms in total. The third kappa shape index (κ3) is 3.68. The Morgan fingerprint density at radius 1 is 1.36 bits per heavy atom. The van der Waals surface area contributed by atoms with Crippen LogP contribution in [0.4, 0.5) is 4.20 Å². The Hall–Kier alpha value is 0.0800. The molecule has 0 bridgehead atoms. The van der Waals surface area contributed by atoms with E-state index in [0.717, 1.165) is 45.1 Å². The van der Waals surface area contributed by atoms with Crippen molar-refractivity contribution in [1.82, 2.24) is 0 Å². The molecule has 0 N–H and O–H groups in total. The van der Waals surface area contributed by atoms with Crippen LogP contribution in [-0.4, -0.2) is 13.2 Å². The third-order valence-electron chi connectivity index (χ3n) is 2.86. The van der Waals surface area contributed by atoms with Gasteiger partial charge in [-0.15, -0.1) is 4.20 Å². The molecule has 0 aromatic carbocycles. The van der Waals surface area contributed by atoms with Crippen molar-refractivity contribution in [2.24, 2.45) is 5.92 Å². The second-order valence-electron chi connectivity index (χ2n) is 3.77. The molecule has 1 aliphatic carbocycles. The SMILES string of the molecule is CCC1CCC(OP(=O)(F)OC)CC1. The van der Waals surface area contributed by atoms with Gasteiger partial charge in [0.2, 0.25) is 0 Å². The van der Waals surface area contributed by atoms with Crippen LogP contribution < -0.4 is 0 Å². The van der Waals surface area contributed by atoms with E-state index in [1.165, 1.54) is 0 Å². The molecule has 5 heteroatoms. The lowest BCUT2D eigenvalue weighted by molar-refractivity contribution is 0.0931. The molecular weight excluding hydrogens is 206 g/mol. The molecule has 1 unspecified atom stereocenters. The van der Waals surface area contributed by atoms with E-state index in [4.69, 9.17) is 4.52 Å². The molecule has 0 aromatic heterocycles. The van der Waals surface area contributed by atoms with Gasteiger partial charge >= 0.3 is 7.91 Å². The largest absolute Gasteiger partial charge is 0.513 e. The summed E-state index contributed by atoms with van der Waals surface area (Å²) in [5.74, 6) is 0.719. The zero-order chi connectivity index (χ0) is 10.6. The van der Waals surface area contributed by atoms with Gasteiger partial charge in [0.25, 0.3) is 0 Å². The molecule has 1 fully saturated rings. The van der Waals surface area contributed by atoms with Gasteiger partial charge in [0, 0.05) is 7.11 Å². The smallest absolute Gasteiger partial charge is 0.287 e. The maximum absolute atomic E-state index is 12.9. The molecule has 0 saturated heterocycles. The summed E-state index contributed by atoms with van der Waals surface area (Å²) in [6.45, 7) is 2.15. The molecule has 84 valence electrons. The van der Waals surface area contributed by atoms with Crippen molar-refractivity contribution >= 4 is 7.91 Å². The van der Waals surface area contributed by atoms with Crippen molar-refractivity contribution in [2.45, 2.75) is 45.1 Å². The molecular formula is C9H18FO3P. The normalized spacial score (nSPS) is 32.5. The maximum atomic E-state index is 12.9. The monoisotopic (exact) mass is 224 g/mol. The van der Waals surface area contributed by atoms with Crippen LogP contribution in [0.25, 0.3) is 0 Å². The summed E-state index contributed by atoms with van der Waals surface area (Å²) >= 11 is 0. The fourth-order valence-electron chi connectivity index (χ4n) is 1.87. The molecule has 1 rings (SSSR count). The fraction of sp³-hybridized carbons (Fsp3) is 1.00. The van der Waals surface area contributed by atoms with Crippen molar-refractivity contribution in [3.05, 3.63) is 0 Å². The second kappa shape index (κ2) is 5.24. The van der Waals surface area contributed by atoms with Crippen LogP contribution in [0, 0.1) is 5.92 Å². The summed E-state index contributed by atoms with van der Waals surface area (Å²) in [7, 11) is -3.20. The highest BCUT2D eigenvalue weighted by molar-refractivity contribution is 7.48. The van der Waals surface area contributed by atoms with Crippen LogP contribution in [-0.2, 0) is 13.6 Å². The predicted octanol–water partition coefficient (Wildman–Crippen LogP) is 3.70. The van der Waals surface area contributed by atoms with Crippen LogP contribution >= 0.6 is 7.91 Å². The Morgan fingerprint density at radius 2 is 1.93 bits per heavy atom. The lowest BCUT2D eigenvalue weighted by Crippen LogP contribution is -2.20. The first-order valence-corrected chi connectivity index (χ1v) is 6.54. The van der Waals surface area contributed by atoms with Crippen molar-refractivity contribution in [3.63, 3.8) is 0 Å². The topological polar surface area (TPSA) is 35.5 Å². The zero-order valence-corrected chi connectivity index (χ0v) is 9.63. The van der Waals surface area contributed by atoms with Crippen molar-refractivity contribution < 1.29 is 17.8 Å². The van der Waals surface area contributed by atoms with E-state index >= 15 is 0 Å². The highest BCUT2D eigenvalue weighted by Gasteiger charge is 2.30. The van der Waals surface area contributed by atoms with Gasteiger partial charge in [0.1, 0.15) is 0 Å². The van der Waals surface area contributed by atoms with Crippen LogP contribution in [0.1, 0.15) is 39.0 Å². The summed E-state index contributed by atoms with van der Waals surface area (Å²) in [4.78, 5) is 0.